The van der Waals surface area contributed by atoms with Crippen LogP contribution in [0.4, 0.5) is 0 Å². The lowest BCUT2D eigenvalue weighted by atomic mass is 9.94. The second-order valence-electron chi connectivity index (χ2n) is 7.24. The van der Waals surface area contributed by atoms with Crippen molar-refractivity contribution in [3.05, 3.63) is 46.2 Å². The average molecular weight is 369 g/mol. The predicted molar refractivity (Wildman–Crippen MR) is 104 cm³/mol. The Morgan fingerprint density at radius 3 is 3.08 bits per heavy atom. The maximum Gasteiger partial charge on any atom is 0.136 e. The second-order valence-corrected chi connectivity index (χ2v) is 8.44. The van der Waals surface area contributed by atoms with Crippen molar-refractivity contribution in [2.45, 2.75) is 38.6 Å². The Kier molecular flexibility index (Phi) is 4.87. The summed E-state index contributed by atoms with van der Waals surface area (Å²) in [5, 5.41) is 0.928. The van der Waals surface area contributed by atoms with E-state index in [1.165, 1.54) is 28.9 Å². The van der Waals surface area contributed by atoms with Gasteiger partial charge in [0, 0.05) is 49.0 Å². The third-order valence-corrected chi connectivity index (χ3v) is 6.05. The summed E-state index contributed by atoms with van der Waals surface area (Å²) < 4.78 is 2.11. The number of Topliss-reactive ketones (excluding diaryl/α,β-unsaturated/α-hetero) is 1. The monoisotopic (exact) mass is 368 g/mol. The van der Waals surface area contributed by atoms with Gasteiger partial charge in [-0.05, 0) is 44.5 Å². The number of fused-ring (bicyclic) bond motifs is 1. The quantitative estimate of drug-likeness (QED) is 0.691. The fourth-order valence-corrected chi connectivity index (χ4v) is 4.81. The molecule has 3 aromatic heterocycles. The van der Waals surface area contributed by atoms with Crippen LogP contribution in [-0.4, -0.2) is 38.3 Å². The Balaban J connectivity index is 1.44. The van der Waals surface area contributed by atoms with Crippen LogP contribution in [0.1, 0.15) is 41.3 Å². The summed E-state index contributed by atoms with van der Waals surface area (Å²) >= 11 is 1.66. The van der Waals surface area contributed by atoms with E-state index in [9.17, 15) is 4.79 Å². The number of piperidine rings is 1. The number of hydrogen-bond donors (Lipinski definition) is 0. The van der Waals surface area contributed by atoms with Gasteiger partial charge in [-0.15, -0.1) is 11.3 Å². The van der Waals surface area contributed by atoms with Crippen LogP contribution in [0.15, 0.2) is 30.6 Å². The minimum atomic E-state index is 0.173. The van der Waals surface area contributed by atoms with E-state index in [1.54, 1.807) is 18.3 Å². The van der Waals surface area contributed by atoms with Crippen molar-refractivity contribution in [1.82, 2.24) is 19.4 Å². The van der Waals surface area contributed by atoms with Crippen molar-refractivity contribution in [3.63, 3.8) is 0 Å². The summed E-state index contributed by atoms with van der Waals surface area (Å²) in [6.07, 6.45) is 6.84. The summed E-state index contributed by atoms with van der Waals surface area (Å²) in [6.45, 7) is 4.68. The number of rotatable bonds is 5. The molecular formula is C20H24N4OS. The minimum Gasteiger partial charge on any atom is -0.349 e. The van der Waals surface area contributed by atoms with Gasteiger partial charge >= 0.3 is 0 Å². The Morgan fingerprint density at radius 1 is 1.35 bits per heavy atom. The van der Waals surface area contributed by atoms with E-state index < -0.39 is 0 Å². The van der Waals surface area contributed by atoms with Crippen molar-refractivity contribution in [1.29, 1.82) is 0 Å². The van der Waals surface area contributed by atoms with Crippen LogP contribution in [0.25, 0.3) is 11.0 Å². The van der Waals surface area contributed by atoms with Crippen LogP contribution in [-0.2, 0) is 24.8 Å². The molecule has 4 rings (SSSR count). The molecule has 4 heterocycles. The normalized spacial score (nSPS) is 18.5. The lowest BCUT2D eigenvalue weighted by molar-refractivity contribution is -0.116. The van der Waals surface area contributed by atoms with Crippen molar-refractivity contribution in [3.8, 4) is 0 Å². The number of aryl methyl sites for hydroxylation is 1. The van der Waals surface area contributed by atoms with Crippen LogP contribution < -0.4 is 0 Å². The number of thiazole rings is 1. The molecule has 0 radical (unpaired) electrons. The van der Waals surface area contributed by atoms with Crippen LogP contribution in [0.2, 0.25) is 0 Å². The Bertz CT molecular complexity index is 929. The molecule has 0 aliphatic carbocycles. The van der Waals surface area contributed by atoms with Gasteiger partial charge in [-0.25, -0.2) is 4.98 Å². The zero-order valence-electron chi connectivity index (χ0n) is 15.3. The first-order valence-corrected chi connectivity index (χ1v) is 9.97. The molecule has 0 spiro atoms. The van der Waals surface area contributed by atoms with E-state index in [1.807, 2.05) is 6.20 Å². The van der Waals surface area contributed by atoms with E-state index in [-0.39, 0.29) is 5.78 Å². The number of carbonyl (C=O) groups is 1. The first-order chi connectivity index (χ1) is 12.6. The van der Waals surface area contributed by atoms with Crippen LogP contribution in [0, 0.1) is 0 Å². The molecule has 1 aliphatic rings. The van der Waals surface area contributed by atoms with Gasteiger partial charge in [0.25, 0.3) is 0 Å². The van der Waals surface area contributed by atoms with Gasteiger partial charge in [-0.2, -0.15) is 0 Å². The van der Waals surface area contributed by atoms with Crippen LogP contribution in [0.3, 0.4) is 0 Å². The zero-order chi connectivity index (χ0) is 18.1. The topological polar surface area (TPSA) is 51.0 Å². The molecule has 136 valence electrons. The third kappa shape index (κ3) is 3.71. The molecule has 1 aliphatic heterocycles. The van der Waals surface area contributed by atoms with Gasteiger partial charge in [-0.3, -0.25) is 14.7 Å². The molecule has 0 N–H and O–H groups in total. The van der Waals surface area contributed by atoms with Gasteiger partial charge in [0.1, 0.15) is 10.8 Å². The zero-order valence-corrected chi connectivity index (χ0v) is 16.1. The second kappa shape index (κ2) is 7.29. The number of aromatic nitrogens is 3. The average Bonchev–Trinajstić information content (AvgIpc) is 3.21. The number of nitrogens with zero attached hydrogens (tertiary/aromatic N) is 4. The smallest absolute Gasteiger partial charge is 0.136 e. The fourth-order valence-electron chi connectivity index (χ4n) is 3.77. The largest absolute Gasteiger partial charge is 0.349 e. The predicted octanol–water partition coefficient (Wildman–Crippen LogP) is 3.54. The maximum absolute atomic E-state index is 11.3. The standard InChI is InChI=1S/C20H24N4OS/c1-14(25)10-20-21-11-16(26-20)13-24-8-3-4-15(12-24)17-5-6-19-18(22-17)7-9-23(19)2/h5-7,9,11,15H,3-4,8,10,12-13H2,1-2H3. The highest BCUT2D eigenvalue weighted by Crippen LogP contribution is 2.28. The van der Waals surface area contributed by atoms with E-state index in [0.717, 1.165) is 30.2 Å². The number of ketones is 1. The number of hydrogen-bond acceptors (Lipinski definition) is 5. The van der Waals surface area contributed by atoms with Gasteiger partial charge < -0.3 is 4.57 Å². The van der Waals surface area contributed by atoms with E-state index >= 15 is 0 Å². The summed E-state index contributed by atoms with van der Waals surface area (Å²) in [5.41, 5.74) is 3.47. The molecule has 6 heteroatoms. The summed E-state index contributed by atoms with van der Waals surface area (Å²) in [5.74, 6) is 0.657. The van der Waals surface area contributed by atoms with Crippen molar-refractivity contribution < 1.29 is 4.79 Å². The molecule has 0 amide bonds. The van der Waals surface area contributed by atoms with Gasteiger partial charge in [-0.1, -0.05) is 0 Å². The lowest BCUT2D eigenvalue weighted by Crippen LogP contribution is -2.33. The molecule has 1 atom stereocenters. The Labute approximate surface area is 157 Å². The highest BCUT2D eigenvalue weighted by atomic mass is 32.1. The lowest BCUT2D eigenvalue weighted by Gasteiger charge is -2.32. The maximum atomic E-state index is 11.3. The molecule has 5 nitrogen and oxygen atoms in total. The SMILES string of the molecule is CC(=O)Cc1ncc(CN2CCCC(c3ccc4c(ccn4C)n3)C2)s1. The van der Waals surface area contributed by atoms with Gasteiger partial charge in [0.15, 0.2) is 0 Å². The van der Waals surface area contributed by atoms with Crippen LogP contribution >= 0.6 is 11.3 Å². The molecule has 1 saturated heterocycles. The number of carbonyl (C=O) groups excluding carboxylic acids is 1. The Morgan fingerprint density at radius 2 is 2.23 bits per heavy atom. The first-order valence-electron chi connectivity index (χ1n) is 9.16. The van der Waals surface area contributed by atoms with Gasteiger partial charge in [0.2, 0.25) is 0 Å². The highest BCUT2D eigenvalue weighted by molar-refractivity contribution is 7.11. The molecule has 0 saturated carbocycles. The van der Waals surface area contributed by atoms with E-state index in [4.69, 9.17) is 4.98 Å². The summed E-state index contributed by atoms with van der Waals surface area (Å²) in [7, 11) is 2.06. The molecule has 26 heavy (non-hydrogen) atoms. The summed E-state index contributed by atoms with van der Waals surface area (Å²) in [4.78, 5) is 24.3. The van der Waals surface area contributed by atoms with Crippen molar-refractivity contribution >= 4 is 28.2 Å². The van der Waals surface area contributed by atoms with Gasteiger partial charge in [0.05, 0.1) is 17.5 Å². The molecule has 3 aromatic rings. The van der Waals surface area contributed by atoms with Crippen molar-refractivity contribution in [2.24, 2.45) is 7.05 Å². The van der Waals surface area contributed by atoms with E-state index in [2.05, 4.69) is 45.9 Å². The molecule has 1 unspecified atom stereocenters. The van der Waals surface area contributed by atoms with E-state index in [0.29, 0.717) is 12.3 Å². The summed E-state index contributed by atoms with van der Waals surface area (Å²) in [6, 6.07) is 6.47. The van der Waals surface area contributed by atoms with Crippen molar-refractivity contribution in [2.75, 3.05) is 13.1 Å². The fraction of sp³-hybridized carbons (Fsp3) is 0.450. The molecular weight excluding hydrogens is 344 g/mol. The number of likely N-dealkylation sites (tertiary alicyclic amines) is 1. The Hall–Kier alpha value is -2.05. The third-order valence-electron chi connectivity index (χ3n) is 5.06. The molecule has 1 fully saturated rings. The minimum absolute atomic E-state index is 0.173. The highest BCUT2D eigenvalue weighted by Gasteiger charge is 2.23. The van der Waals surface area contributed by atoms with Crippen LogP contribution in [0.5, 0.6) is 0 Å². The number of pyridine rings is 1. The first kappa shape index (κ1) is 17.4. The molecule has 0 aromatic carbocycles. The molecule has 0 bridgehead atoms.